The van der Waals surface area contributed by atoms with Gasteiger partial charge in [0.2, 0.25) is 15.9 Å². The summed E-state index contributed by atoms with van der Waals surface area (Å²) in [5.41, 5.74) is 1.21. The van der Waals surface area contributed by atoms with Gasteiger partial charge in [0.25, 0.3) is 5.91 Å². The number of anilines is 1. The average molecular weight is 638 g/mol. The van der Waals surface area contributed by atoms with E-state index in [4.69, 9.17) is 16.3 Å². The minimum absolute atomic E-state index is 0.107. The first-order valence-electron chi connectivity index (χ1n) is 15.4. The van der Waals surface area contributed by atoms with Crippen molar-refractivity contribution >= 4 is 45.2 Å². The van der Waals surface area contributed by atoms with E-state index in [9.17, 15) is 22.8 Å². The number of carbonyl (C=O) groups excluding carboxylic acids is 3. The number of amides is 3. The Morgan fingerprint density at radius 3 is 2.42 bits per heavy atom. The fourth-order valence-corrected chi connectivity index (χ4v) is 9.60. The van der Waals surface area contributed by atoms with Crippen LogP contribution in [0.3, 0.4) is 0 Å². The summed E-state index contributed by atoms with van der Waals surface area (Å²) in [6.45, 7) is 8.60. The van der Waals surface area contributed by atoms with Crippen LogP contribution in [0, 0.1) is 5.92 Å². The Hall–Kier alpha value is -2.41. The van der Waals surface area contributed by atoms with E-state index in [-0.39, 0.29) is 53.1 Å². The van der Waals surface area contributed by atoms with Crippen LogP contribution in [0.5, 0.6) is 0 Å². The maximum Gasteiger partial charge on any atom is 0.407 e. The van der Waals surface area contributed by atoms with Crippen molar-refractivity contribution in [3.8, 4) is 0 Å². The summed E-state index contributed by atoms with van der Waals surface area (Å²) in [5, 5.41) is 8.90. The first-order valence-corrected chi connectivity index (χ1v) is 17.4. The summed E-state index contributed by atoms with van der Waals surface area (Å²) in [6.07, 6.45) is 5.08. The van der Waals surface area contributed by atoms with Gasteiger partial charge in [-0.05, 0) is 109 Å². The van der Waals surface area contributed by atoms with Crippen LogP contribution in [-0.2, 0) is 26.0 Å². The zero-order valence-electron chi connectivity index (χ0n) is 25.3. The highest BCUT2D eigenvalue weighted by molar-refractivity contribution is 7.89. The van der Waals surface area contributed by atoms with E-state index in [0.717, 1.165) is 57.3 Å². The minimum Gasteiger partial charge on any atom is -0.444 e. The number of alkyl carbamates (subject to hydrolysis) is 1. The lowest BCUT2D eigenvalue weighted by Crippen LogP contribution is -2.53. The minimum atomic E-state index is -3.42. The molecule has 3 amide bonds. The van der Waals surface area contributed by atoms with Crippen molar-refractivity contribution in [2.45, 2.75) is 95.9 Å². The van der Waals surface area contributed by atoms with Gasteiger partial charge in [0.15, 0.2) is 0 Å². The molecule has 3 fully saturated rings. The van der Waals surface area contributed by atoms with Crippen molar-refractivity contribution in [2.75, 3.05) is 37.2 Å². The smallest absolute Gasteiger partial charge is 0.407 e. The molecule has 13 heteroatoms. The molecule has 0 saturated carbocycles. The van der Waals surface area contributed by atoms with E-state index in [1.807, 2.05) is 20.8 Å². The lowest BCUT2D eigenvalue weighted by Gasteiger charge is -2.39. The van der Waals surface area contributed by atoms with Gasteiger partial charge >= 0.3 is 6.09 Å². The van der Waals surface area contributed by atoms with Crippen molar-refractivity contribution in [3.05, 3.63) is 28.3 Å². The van der Waals surface area contributed by atoms with E-state index in [0.29, 0.717) is 30.6 Å². The van der Waals surface area contributed by atoms with Gasteiger partial charge in [0.05, 0.1) is 22.8 Å². The summed E-state index contributed by atoms with van der Waals surface area (Å²) < 4.78 is 34.3. The van der Waals surface area contributed by atoms with Crippen LogP contribution in [0.4, 0.5) is 10.5 Å². The summed E-state index contributed by atoms with van der Waals surface area (Å²) >= 11 is 6.36. The third kappa shape index (κ3) is 8.01. The van der Waals surface area contributed by atoms with Gasteiger partial charge in [-0.1, -0.05) is 11.6 Å². The third-order valence-corrected chi connectivity index (χ3v) is 11.3. The molecule has 11 nitrogen and oxygen atoms in total. The van der Waals surface area contributed by atoms with Gasteiger partial charge in [0.1, 0.15) is 5.60 Å². The van der Waals surface area contributed by atoms with Gasteiger partial charge in [-0.2, -0.15) is 4.31 Å². The molecule has 4 aliphatic heterocycles. The van der Waals surface area contributed by atoms with E-state index in [1.54, 1.807) is 16.4 Å². The molecule has 3 saturated heterocycles. The monoisotopic (exact) mass is 637 g/mol. The standard InChI is InChI=1S/C30H44ClN5O6S/c1-30(2,3)42-29(39)32-9-4-10-35-11-7-19(8-12-35)18-43(40,41)36-22-5-6-23(36)16-21(15-22)33-28(38)24-13-20-14-27(37)34-26(20)17-25(24)31/h13,17,19,21-23H,4-12,14-16,18H2,1-3H3,(H,32,39)(H,33,38)(H,34,37)/t21?,22-,23+. The molecule has 0 radical (unpaired) electrons. The first kappa shape index (κ1) is 32.0. The normalized spacial score (nSPS) is 24.8. The largest absolute Gasteiger partial charge is 0.444 e. The Morgan fingerprint density at radius 1 is 1.09 bits per heavy atom. The van der Waals surface area contributed by atoms with Gasteiger partial charge in [0, 0.05) is 30.4 Å². The highest BCUT2D eigenvalue weighted by Gasteiger charge is 2.47. The molecule has 43 heavy (non-hydrogen) atoms. The number of nitrogens with one attached hydrogen (secondary N) is 3. The van der Waals surface area contributed by atoms with Crippen molar-refractivity contribution < 1.29 is 27.5 Å². The van der Waals surface area contributed by atoms with E-state index < -0.39 is 21.7 Å². The van der Waals surface area contributed by atoms with Crippen molar-refractivity contribution in [3.63, 3.8) is 0 Å². The van der Waals surface area contributed by atoms with Crippen molar-refractivity contribution in [1.29, 1.82) is 0 Å². The molecular weight excluding hydrogens is 594 g/mol. The number of sulfonamides is 1. The fourth-order valence-electron chi connectivity index (χ4n) is 6.96. The molecule has 0 spiro atoms. The lowest BCUT2D eigenvalue weighted by atomic mass is 9.99. The molecule has 1 unspecified atom stereocenters. The van der Waals surface area contributed by atoms with Gasteiger partial charge < -0.3 is 25.6 Å². The Morgan fingerprint density at radius 2 is 1.77 bits per heavy atom. The summed E-state index contributed by atoms with van der Waals surface area (Å²) in [7, 11) is -3.42. The Balaban J connectivity index is 1.06. The van der Waals surface area contributed by atoms with Crippen LogP contribution in [-0.4, -0.2) is 91.2 Å². The van der Waals surface area contributed by atoms with Gasteiger partial charge in [-0.3, -0.25) is 9.59 Å². The molecule has 238 valence electrons. The number of benzene rings is 1. The fraction of sp³-hybridized carbons (Fsp3) is 0.700. The van der Waals surface area contributed by atoms with Crippen LogP contribution < -0.4 is 16.0 Å². The van der Waals surface area contributed by atoms with Crippen LogP contribution >= 0.6 is 11.6 Å². The molecule has 3 N–H and O–H groups in total. The second kappa shape index (κ2) is 12.9. The summed E-state index contributed by atoms with van der Waals surface area (Å²) in [4.78, 5) is 39.0. The molecule has 2 bridgehead atoms. The topological polar surface area (TPSA) is 137 Å². The Bertz CT molecular complexity index is 1330. The summed E-state index contributed by atoms with van der Waals surface area (Å²) in [6, 6.07) is 2.94. The molecule has 1 aromatic carbocycles. The number of fused-ring (bicyclic) bond motifs is 3. The van der Waals surface area contributed by atoms with E-state index >= 15 is 0 Å². The lowest BCUT2D eigenvalue weighted by molar-refractivity contribution is -0.115. The van der Waals surface area contributed by atoms with Crippen LogP contribution in [0.1, 0.15) is 81.6 Å². The molecule has 0 aromatic heterocycles. The molecule has 0 aliphatic carbocycles. The van der Waals surface area contributed by atoms with Crippen LogP contribution in [0.15, 0.2) is 12.1 Å². The van der Waals surface area contributed by atoms with Crippen LogP contribution in [0.25, 0.3) is 0 Å². The number of hydrogen-bond acceptors (Lipinski definition) is 7. The summed E-state index contributed by atoms with van der Waals surface area (Å²) in [5.74, 6) is -0.117. The third-order valence-electron chi connectivity index (χ3n) is 8.86. The number of ether oxygens (including phenoxy) is 1. The maximum atomic E-state index is 13.6. The highest BCUT2D eigenvalue weighted by atomic mass is 35.5. The number of nitrogens with zero attached hydrogens (tertiary/aromatic N) is 2. The molecule has 5 rings (SSSR count). The molecular formula is C30H44ClN5O6S. The SMILES string of the molecule is CC(C)(C)OC(=O)NCCCN1CCC(CS(=O)(=O)N2[C@@H]3CC[C@H]2CC(NC(=O)c2cc4c(cc2Cl)NC(=O)C4)C3)CC1. The Kier molecular flexibility index (Phi) is 9.60. The van der Waals surface area contributed by atoms with Crippen molar-refractivity contribution in [1.82, 2.24) is 19.8 Å². The predicted octanol–water partition coefficient (Wildman–Crippen LogP) is 3.52. The zero-order valence-corrected chi connectivity index (χ0v) is 26.9. The van der Waals surface area contributed by atoms with Gasteiger partial charge in [-0.25, -0.2) is 13.2 Å². The number of hydrogen-bond donors (Lipinski definition) is 3. The number of halogens is 1. The average Bonchev–Trinajstić information content (AvgIpc) is 3.41. The molecule has 1 aromatic rings. The molecule has 3 atom stereocenters. The molecule has 4 heterocycles. The first-order chi connectivity index (χ1) is 20.3. The van der Waals surface area contributed by atoms with E-state index in [2.05, 4.69) is 20.9 Å². The second-order valence-corrected chi connectivity index (χ2v) is 15.7. The maximum absolute atomic E-state index is 13.6. The zero-order chi connectivity index (χ0) is 30.9. The van der Waals surface area contributed by atoms with E-state index in [1.165, 1.54) is 0 Å². The van der Waals surface area contributed by atoms with Crippen LogP contribution in [0.2, 0.25) is 5.02 Å². The molecule has 4 aliphatic rings. The number of likely N-dealkylation sites (tertiary alicyclic amines) is 1. The number of rotatable bonds is 9. The predicted molar refractivity (Wildman–Crippen MR) is 165 cm³/mol. The van der Waals surface area contributed by atoms with Crippen molar-refractivity contribution in [2.24, 2.45) is 5.92 Å². The van der Waals surface area contributed by atoms with Gasteiger partial charge in [-0.15, -0.1) is 0 Å². The Labute approximate surface area is 259 Å². The quantitative estimate of drug-likeness (QED) is 0.353. The number of piperidine rings is 2. The number of carbonyl (C=O) groups is 3. The second-order valence-electron chi connectivity index (χ2n) is 13.4. The highest BCUT2D eigenvalue weighted by Crippen LogP contribution is 2.39.